The van der Waals surface area contributed by atoms with Crippen molar-refractivity contribution in [3.05, 3.63) is 134 Å². The lowest BCUT2D eigenvalue weighted by Gasteiger charge is -2.18. The van der Waals surface area contributed by atoms with E-state index in [0.717, 1.165) is 128 Å². The minimum absolute atomic E-state index is 0.109. The molecule has 0 amide bonds. The van der Waals surface area contributed by atoms with Crippen LogP contribution in [0.4, 0.5) is 0 Å². The number of rotatable bonds is 49. The summed E-state index contributed by atoms with van der Waals surface area (Å²) in [5.41, 5.74) is 0. The molecular weight excluding hydrogens is 865 g/mol. The van der Waals surface area contributed by atoms with Crippen LogP contribution in [0.3, 0.4) is 0 Å². The maximum absolute atomic E-state index is 12.8. The van der Waals surface area contributed by atoms with Crippen molar-refractivity contribution in [2.24, 2.45) is 0 Å². The van der Waals surface area contributed by atoms with Gasteiger partial charge in [0, 0.05) is 19.3 Å². The number of esters is 3. The van der Waals surface area contributed by atoms with Crippen LogP contribution < -0.4 is 0 Å². The molecule has 0 spiro atoms. The third kappa shape index (κ3) is 54.5. The van der Waals surface area contributed by atoms with Gasteiger partial charge in [-0.05, 0) is 109 Å². The Morgan fingerprint density at radius 2 is 0.571 bits per heavy atom. The summed E-state index contributed by atoms with van der Waals surface area (Å²) in [4.78, 5) is 38.1. The van der Waals surface area contributed by atoms with Crippen molar-refractivity contribution < 1.29 is 28.6 Å². The molecule has 1 atom stereocenters. The monoisotopic (exact) mass is 967 g/mol. The Labute approximate surface area is 430 Å². The predicted molar refractivity (Wildman–Crippen MR) is 302 cm³/mol. The van der Waals surface area contributed by atoms with Crippen molar-refractivity contribution in [2.75, 3.05) is 13.2 Å². The molecule has 6 heteroatoms. The maximum atomic E-state index is 12.8. The summed E-state index contributed by atoms with van der Waals surface area (Å²) in [5.74, 6) is -1.000. The first kappa shape index (κ1) is 65.5. The summed E-state index contributed by atoms with van der Waals surface area (Å²) in [6.07, 6.45) is 80.1. The van der Waals surface area contributed by atoms with Gasteiger partial charge in [0.05, 0.1) is 0 Å². The highest BCUT2D eigenvalue weighted by molar-refractivity contribution is 5.71. The molecule has 0 radical (unpaired) electrons. The Morgan fingerprint density at radius 3 is 0.929 bits per heavy atom. The summed E-state index contributed by atoms with van der Waals surface area (Å²) in [6.45, 7) is 6.33. The van der Waals surface area contributed by atoms with Gasteiger partial charge in [-0.2, -0.15) is 0 Å². The second-order valence-corrected chi connectivity index (χ2v) is 18.1. The molecule has 6 nitrogen and oxygen atoms in total. The number of ether oxygens (including phenoxy) is 3. The van der Waals surface area contributed by atoms with Crippen LogP contribution in [0.5, 0.6) is 0 Å². The summed E-state index contributed by atoms with van der Waals surface area (Å²) < 4.78 is 16.8. The van der Waals surface area contributed by atoms with Crippen LogP contribution in [0, 0.1) is 0 Å². The lowest BCUT2D eigenvalue weighted by atomic mass is 10.0. The molecule has 0 aliphatic carbocycles. The van der Waals surface area contributed by atoms with Crippen molar-refractivity contribution >= 4 is 17.9 Å². The smallest absolute Gasteiger partial charge is 0.306 e. The van der Waals surface area contributed by atoms with E-state index < -0.39 is 6.10 Å². The van der Waals surface area contributed by atoms with Gasteiger partial charge in [0.2, 0.25) is 0 Å². The van der Waals surface area contributed by atoms with Gasteiger partial charge >= 0.3 is 17.9 Å². The quantitative estimate of drug-likeness (QED) is 0.0262. The first-order valence-corrected chi connectivity index (χ1v) is 28.2. The van der Waals surface area contributed by atoms with Crippen LogP contribution in [0.2, 0.25) is 0 Å². The Hall–Kier alpha value is -4.45. The Kier molecular flexibility index (Phi) is 53.5. The van der Waals surface area contributed by atoms with Crippen molar-refractivity contribution in [3.8, 4) is 0 Å². The number of hydrogen-bond donors (Lipinski definition) is 0. The minimum atomic E-state index is -0.818. The molecule has 0 fully saturated rings. The highest BCUT2D eigenvalue weighted by atomic mass is 16.6. The van der Waals surface area contributed by atoms with Crippen LogP contribution in [0.15, 0.2) is 134 Å². The summed E-state index contributed by atoms with van der Waals surface area (Å²) >= 11 is 0. The number of carbonyl (C=O) groups is 3. The molecule has 0 aromatic rings. The third-order valence-corrected chi connectivity index (χ3v) is 11.4. The molecule has 394 valence electrons. The zero-order valence-corrected chi connectivity index (χ0v) is 45.0. The average molecular weight is 968 g/mol. The first-order valence-electron chi connectivity index (χ1n) is 28.2. The van der Waals surface area contributed by atoms with Crippen molar-refractivity contribution in [1.29, 1.82) is 0 Å². The fourth-order valence-corrected chi connectivity index (χ4v) is 7.24. The van der Waals surface area contributed by atoms with Gasteiger partial charge in [0.25, 0.3) is 0 Å². The second-order valence-electron chi connectivity index (χ2n) is 18.1. The molecule has 0 heterocycles. The van der Waals surface area contributed by atoms with Gasteiger partial charge in [-0.1, -0.05) is 238 Å². The van der Waals surface area contributed by atoms with E-state index in [4.69, 9.17) is 14.2 Å². The molecule has 1 unspecified atom stereocenters. The lowest BCUT2D eigenvalue weighted by Crippen LogP contribution is -2.30. The highest BCUT2D eigenvalue weighted by Gasteiger charge is 2.19. The summed E-state index contributed by atoms with van der Waals surface area (Å²) in [5, 5.41) is 0. The van der Waals surface area contributed by atoms with Crippen molar-refractivity contribution in [2.45, 2.75) is 239 Å². The van der Waals surface area contributed by atoms with E-state index in [0.29, 0.717) is 12.8 Å². The molecule has 0 aliphatic rings. The largest absolute Gasteiger partial charge is 0.462 e. The molecule has 0 aromatic carbocycles. The topological polar surface area (TPSA) is 78.9 Å². The zero-order chi connectivity index (χ0) is 50.7. The highest BCUT2D eigenvalue weighted by Crippen LogP contribution is 2.14. The molecular formula is C64H102O6. The van der Waals surface area contributed by atoms with Gasteiger partial charge in [0.1, 0.15) is 13.2 Å². The van der Waals surface area contributed by atoms with E-state index >= 15 is 0 Å². The number of carbonyl (C=O) groups excluding carboxylic acids is 3. The number of allylic oxidation sites excluding steroid dienone is 22. The summed E-state index contributed by atoms with van der Waals surface area (Å²) in [7, 11) is 0. The minimum Gasteiger partial charge on any atom is -0.462 e. The van der Waals surface area contributed by atoms with Crippen molar-refractivity contribution in [1.82, 2.24) is 0 Å². The molecule has 0 N–H and O–H groups in total. The lowest BCUT2D eigenvalue weighted by molar-refractivity contribution is -0.167. The van der Waals surface area contributed by atoms with E-state index in [1.54, 1.807) is 0 Å². The fourth-order valence-electron chi connectivity index (χ4n) is 7.24. The van der Waals surface area contributed by atoms with Gasteiger partial charge in [-0.3, -0.25) is 14.4 Å². The molecule has 0 rings (SSSR count). The van der Waals surface area contributed by atoms with Gasteiger partial charge < -0.3 is 14.2 Å². The fraction of sp³-hybridized carbons (Fsp3) is 0.609. The SMILES string of the molecule is CC/C=C\C/C=C\C/C=C\C/C=C\C/C=C\C/C=C\C/C=C\CCCC(=O)OCC(COC(=O)CCCCCCCCCCCCCC)OC(=O)CCCCCC/C=C\C/C=C\C/C=C\C/C=C\CC. The molecule has 0 aliphatic heterocycles. The van der Waals surface area contributed by atoms with Crippen LogP contribution >= 0.6 is 0 Å². The number of hydrogen-bond acceptors (Lipinski definition) is 6. The Morgan fingerprint density at radius 1 is 0.300 bits per heavy atom. The average Bonchev–Trinajstić information content (AvgIpc) is 3.36. The Balaban J connectivity index is 4.52. The third-order valence-electron chi connectivity index (χ3n) is 11.4. The molecule has 0 saturated heterocycles. The normalized spacial score (nSPS) is 13.1. The number of unbranched alkanes of at least 4 members (excludes halogenated alkanes) is 16. The van der Waals surface area contributed by atoms with Gasteiger partial charge in [0.15, 0.2) is 6.10 Å². The molecule has 0 bridgehead atoms. The summed E-state index contributed by atoms with van der Waals surface area (Å²) in [6, 6.07) is 0. The zero-order valence-electron chi connectivity index (χ0n) is 45.0. The van der Waals surface area contributed by atoms with Crippen LogP contribution in [-0.2, 0) is 28.6 Å². The molecule has 0 aromatic heterocycles. The standard InChI is InChI=1S/C64H102O6/c1-4-7-10-13-16-19-22-25-27-29-30-31-32-33-34-36-37-39-42-45-48-51-54-57-63(66)69-60-61(59-68-62(65)56-53-50-47-44-41-24-21-18-15-12-9-6-3)70-64(67)58-55-52-49-46-43-40-38-35-28-26-23-20-17-14-11-8-5-2/h7-8,10-11,16-17,19-20,25-28,30-31,33-34,37-40,45,48,61H,4-6,9,12-15,18,21-24,29,32,35-36,41-44,46-47,49-60H2,1-3H3/b10-7-,11-8-,19-16-,20-17-,27-25-,28-26-,31-30-,34-33-,39-37-,40-38-,48-45-. The molecule has 70 heavy (non-hydrogen) atoms. The van der Waals surface area contributed by atoms with E-state index in [2.05, 4.69) is 154 Å². The van der Waals surface area contributed by atoms with Crippen LogP contribution in [-0.4, -0.2) is 37.2 Å². The molecule has 0 saturated carbocycles. The van der Waals surface area contributed by atoms with Crippen LogP contribution in [0.1, 0.15) is 233 Å². The van der Waals surface area contributed by atoms with E-state index in [1.165, 1.54) is 57.8 Å². The van der Waals surface area contributed by atoms with Gasteiger partial charge in [-0.25, -0.2) is 0 Å². The van der Waals surface area contributed by atoms with E-state index in [-0.39, 0.29) is 44.0 Å². The predicted octanol–water partition coefficient (Wildman–Crippen LogP) is 19.0. The maximum Gasteiger partial charge on any atom is 0.306 e. The Bertz CT molecular complexity index is 1530. The van der Waals surface area contributed by atoms with Crippen LogP contribution in [0.25, 0.3) is 0 Å². The first-order chi connectivity index (χ1) is 34.5. The van der Waals surface area contributed by atoms with Gasteiger partial charge in [-0.15, -0.1) is 0 Å². The van der Waals surface area contributed by atoms with E-state index in [1.807, 2.05) is 0 Å². The van der Waals surface area contributed by atoms with Crippen molar-refractivity contribution in [3.63, 3.8) is 0 Å². The second kappa shape index (κ2) is 57.1. The van der Waals surface area contributed by atoms with E-state index in [9.17, 15) is 14.4 Å².